The van der Waals surface area contributed by atoms with Crippen LogP contribution in [0.3, 0.4) is 0 Å². The number of hydrogen-bond acceptors (Lipinski definition) is 2. The van der Waals surface area contributed by atoms with Gasteiger partial charge in [-0.1, -0.05) is 36.2 Å². The average molecular weight is 324 g/mol. The van der Waals surface area contributed by atoms with Crippen LogP contribution in [0.4, 0.5) is 0 Å². The molecule has 0 saturated carbocycles. The third kappa shape index (κ3) is 3.42. The third-order valence-corrected chi connectivity index (χ3v) is 4.73. The molecule has 1 saturated heterocycles. The van der Waals surface area contributed by atoms with Crippen molar-refractivity contribution in [2.75, 3.05) is 13.1 Å². The SMILES string of the molecule is CCc1nccn1CC1CN(Cc2ccc(Cl)c(Cl)c2)C1. The lowest BCUT2D eigenvalue weighted by atomic mass is 9.99. The van der Waals surface area contributed by atoms with Crippen molar-refractivity contribution in [3.05, 3.63) is 52.0 Å². The lowest BCUT2D eigenvalue weighted by molar-refractivity contribution is 0.0798. The predicted octanol–water partition coefficient (Wildman–Crippen LogP) is 3.88. The quantitative estimate of drug-likeness (QED) is 0.832. The second kappa shape index (κ2) is 6.39. The van der Waals surface area contributed by atoms with Crippen molar-refractivity contribution in [3.8, 4) is 0 Å². The van der Waals surface area contributed by atoms with Crippen LogP contribution in [0.5, 0.6) is 0 Å². The van der Waals surface area contributed by atoms with Crippen LogP contribution in [0, 0.1) is 5.92 Å². The molecule has 1 fully saturated rings. The van der Waals surface area contributed by atoms with Gasteiger partial charge in [-0.25, -0.2) is 4.98 Å². The van der Waals surface area contributed by atoms with E-state index in [0.29, 0.717) is 16.0 Å². The largest absolute Gasteiger partial charge is 0.335 e. The number of imidazole rings is 1. The first-order valence-corrected chi connectivity index (χ1v) is 8.07. The molecule has 2 heterocycles. The highest BCUT2D eigenvalue weighted by Crippen LogP contribution is 2.25. The Labute approximate surface area is 135 Å². The third-order valence-electron chi connectivity index (χ3n) is 4.00. The second-order valence-corrected chi connectivity index (χ2v) is 6.47. The molecule has 0 amide bonds. The van der Waals surface area contributed by atoms with Crippen LogP contribution in [-0.2, 0) is 19.5 Å². The van der Waals surface area contributed by atoms with E-state index in [0.717, 1.165) is 32.6 Å². The lowest BCUT2D eigenvalue weighted by Crippen LogP contribution is -2.47. The molecule has 3 rings (SSSR count). The fourth-order valence-corrected chi connectivity index (χ4v) is 3.24. The summed E-state index contributed by atoms with van der Waals surface area (Å²) in [4.78, 5) is 6.81. The van der Waals surface area contributed by atoms with Crippen LogP contribution in [0.2, 0.25) is 10.0 Å². The number of aromatic nitrogens is 2. The summed E-state index contributed by atoms with van der Waals surface area (Å²) in [6.45, 7) is 6.42. The number of benzene rings is 1. The van der Waals surface area contributed by atoms with Crippen molar-refractivity contribution >= 4 is 23.2 Å². The first kappa shape index (κ1) is 14.9. The van der Waals surface area contributed by atoms with Gasteiger partial charge in [0.15, 0.2) is 0 Å². The zero-order valence-corrected chi connectivity index (χ0v) is 13.6. The fraction of sp³-hybridized carbons (Fsp3) is 0.438. The molecule has 0 atom stereocenters. The number of nitrogens with zero attached hydrogens (tertiary/aromatic N) is 3. The van der Waals surface area contributed by atoms with Gasteiger partial charge in [0.2, 0.25) is 0 Å². The van der Waals surface area contributed by atoms with Gasteiger partial charge in [-0.15, -0.1) is 0 Å². The molecule has 5 heteroatoms. The van der Waals surface area contributed by atoms with E-state index in [1.54, 1.807) is 0 Å². The molecule has 1 aliphatic heterocycles. The molecule has 0 bridgehead atoms. The normalized spacial score (nSPS) is 16.1. The number of halogens is 2. The molecule has 0 N–H and O–H groups in total. The van der Waals surface area contributed by atoms with Gasteiger partial charge in [-0.05, 0) is 17.7 Å². The molecule has 1 aromatic heterocycles. The Balaban J connectivity index is 1.50. The summed E-state index contributed by atoms with van der Waals surface area (Å²) in [7, 11) is 0. The summed E-state index contributed by atoms with van der Waals surface area (Å²) in [6.07, 6.45) is 4.97. The van der Waals surface area contributed by atoms with Crippen LogP contribution in [0.25, 0.3) is 0 Å². The minimum atomic E-state index is 0.620. The van der Waals surface area contributed by atoms with E-state index in [-0.39, 0.29) is 0 Å². The van der Waals surface area contributed by atoms with E-state index in [4.69, 9.17) is 23.2 Å². The van der Waals surface area contributed by atoms with Crippen molar-refractivity contribution < 1.29 is 0 Å². The van der Waals surface area contributed by atoms with Crippen molar-refractivity contribution in [3.63, 3.8) is 0 Å². The molecule has 0 radical (unpaired) electrons. The molecule has 21 heavy (non-hydrogen) atoms. The molecule has 3 nitrogen and oxygen atoms in total. The van der Waals surface area contributed by atoms with E-state index in [1.165, 1.54) is 11.4 Å². The lowest BCUT2D eigenvalue weighted by Gasteiger charge is -2.39. The van der Waals surface area contributed by atoms with E-state index in [1.807, 2.05) is 24.4 Å². The Morgan fingerprint density at radius 1 is 1.24 bits per heavy atom. The molecule has 0 spiro atoms. The van der Waals surface area contributed by atoms with Gasteiger partial charge in [0.25, 0.3) is 0 Å². The highest BCUT2D eigenvalue weighted by Gasteiger charge is 2.27. The van der Waals surface area contributed by atoms with Gasteiger partial charge >= 0.3 is 0 Å². The molecule has 112 valence electrons. The minimum Gasteiger partial charge on any atom is -0.335 e. The topological polar surface area (TPSA) is 21.1 Å². The molecule has 2 aromatic rings. The van der Waals surface area contributed by atoms with Gasteiger partial charge in [-0.2, -0.15) is 0 Å². The standard InChI is InChI=1S/C16H19Cl2N3/c1-2-16-19-5-6-21(16)11-13-9-20(10-13)8-12-3-4-14(17)15(18)7-12/h3-7,13H,2,8-11H2,1H3. The maximum Gasteiger partial charge on any atom is 0.108 e. The van der Waals surface area contributed by atoms with E-state index in [9.17, 15) is 0 Å². The molecule has 1 aliphatic rings. The highest BCUT2D eigenvalue weighted by molar-refractivity contribution is 6.42. The van der Waals surface area contributed by atoms with Gasteiger partial charge in [0, 0.05) is 50.9 Å². The fourth-order valence-electron chi connectivity index (χ4n) is 2.92. The summed E-state index contributed by atoms with van der Waals surface area (Å²) in [5.41, 5.74) is 1.22. The summed E-state index contributed by atoms with van der Waals surface area (Å²) in [5, 5.41) is 1.26. The summed E-state index contributed by atoms with van der Waals surface area (Å²) < 4.78 is 2.28. The highest BCUT2D eigenvalue weighted by atomic mass is 35.5. The Morgan fingerprint density at radius 3 is 2.76 bits per heavy atom. The maximum atomic E-state index is 6.05. The van der Waals surface area contributed by atoms with Crippen LogP contribution in [0.1, 0.15) is 18.3 Å². The van der Waals surface area contributed by atoms with E-state index in [2.05, 4.69) is 27.6 Å². The van der Waals surface area contributed by atoms with Gasteiger partial charge in [0.05, 0.1) is 10.0 Å². The van der Waals surface area contributed by atoms with Crippen LogP contribution in [-0.4, -0.2) is 27.5 Å². The maximum absolute atomic E-state index is 6.05. The van der Waals surface area contributed by atoms with E-state index >= 15 is 0 Å². The van der Waals surface area contributed by atoms with Gasteiger partial charge in [-0.3, -0.25) is 4.90 Å². The molecular formula is C16H19Cl2N3. The second-order valence-electron chi connectivity index (χ2n) is 5.66. The Hall–Kier alpha value is -1.03. The predicted molar refractivity (Wildman–Crippen MR) is 86.8 cm³/mol. The van der Waals surface area contributed by atoms with Gasteiger partial charge < -0.3 is 4.57 Å². The number of hydrogen-bond donors (Lipinski definition) is 0. The molecular weight excluding hydrogens is 305 g/mol. The number of likely N-dealkylation sites (tertiary alicyclic amines) is 1. The summed E-state index contributed by atoms with van der Waals surface area (Å²) >= 11 is 12.0. The zero-order chi connectivity index (χ0) is 14.8. The van der Waals surface area contributed by atoms with Crippen LogP contribution in [0.15, 0.2) is 30.6 Å². The van der Waals surface area contributed by atoms with Gasteiger partial charge in [0.1, 0.15) is 5.82 Å². The van der Waals surface area contributed by atoms with Crippen molar-refractivity contribution in [2.45, 2.75) is 26.4 Å². The monoisotopic (exact) mass is 323 g/mol. The molecule has 0 aliphatic carbocycles. The summed E-state index contributed by atoms with van der Waals surface area (Å²) in [6, 6.07) is 5.88. The number of rotatable bonds is 5. The smallest absolute Gasteiger partial charge is 0.108 e. The Bertz CT molecular complexity index is 618. The van der Waals surface area contributed by atoms with Crippen molar-refractivity contribution in [1.82, 2.24) is 14.5 Å². The van der Waals surface area contributed by atoms with E-state index < -0.39 is 0 Å². The molecule has 1 aromatic carbocycles. The Morgan fingerprint density at radius 2 is 2.05 bits per heavy atom. The average Bonchev–Trinajstić information content (AvgIpc) is 2.87. The zero-order valence-electron chi connectivity index (χ0n) is 12.1. The summed E-state index contributed by atoms with van der Waals surface area (Å²) in [5.74, 6) is 1.89. The minimum absolute atomic E-state index is 0.620. The first-order valence-electron chi connectivity index (χ1n) is 7.32. The Kier molecular flexibility index (Phi) is 4.53. The van der Waals surface area contributed by atoms with Crippen molar-refractivity contribution in [1.29, 1.82) is 0 Å². The van der Waals surface area contributed by atoms with Crippen LogP contribution >= 0.6 is 23.2 Å². The van der Waals surface area contributed by atoms with Crippen molar-refractivity contribution in [2.24, 2.45) is 5.92 Å². The number of aryl methyl sites for hydroxylation is 1. The first-order chi connectivity index (χ1) is 10.2. The molecule has 0 unspecified atom stereocenters. The van der Waals surface area contributed by atoms with Crippen LogP contribution < -0.4 is 0 Å².